The molecule has 0 aliphatic heterocycles. The van der Waals surface area contributed by atoms with E-state index in [2.05, 4.69) is 18.9 Å². The Kier molecular flexibility index (Phi) is 10.9. The number of halogens is 3. The maximum atomic E-state index is 13.3. The largest absolute Gasteiger partial charge is 0.493 e. The van der Waals surface area contributed by atoms with Crippen molar-refractivity contribution in [3.8, 4) is 11.5 Å². The number of ether oxygens (including phenoxy) is 2. The summed E-state index contributed by atoms with van der Waals surface area (Å²) in [7, 11) is -7.89. The van der Waals surface area contributed by atoms with Gasteiger partial charge in [0.1, 0.15) is 11.5 Å². The van der Waals surface area contributed by atoms with E-state index in [0.29, 0.717) is 29.2 Å². The van der Waals surface area contributed by atoms with Crippen LogP contribution in [0.15, 0.2) is 58.8 Å². The lowest BCUT2D eigenvalue weighted by Gasteiger charge is -2.12. The third kappa shape index (κ3) is 10.2. The van der Waals surface area contributed by atoms with Crippen LogP contribution in [0.25, 0.3) is 0 Å². The van der Waals surface area contributed by atoms with E-state index in [0.717, 1.165) is 12.1 Å². The molecule has 0 fully saturated rings. The minimum atomic E-state index is -4.93. The molecule has 0 N–H and O–H groups in total. The maximum absolute atomic E-state index is 13.3. The van der Waals surface area contributed by atoms with Crippen LogP contribution in [-0.4, -0.2) is 59.2 Å². The predicted octanol–water partition coefficient (Wildman–Crippen LogP) is 4.26. The number of hydrogen-bond donors (Lipinski definition) is 0. The number of hydrogen-bond acceptors (Lipinski definition) is 10. The highest BCUT2D eigenvalue weighted by Gasteiger charge is 2.38. The Labute approximate surface area is 219 Å². The molecule has 0 saturated carbocycles. The highest BCUT2D eigenvalue weighted by Crippen LogP contribution is 2.25. The minimum absolute atomic E-state index is 0.192. The normalized spacial score (nSPS) is 13.2. The summed E-state index contributed by atoms with van der Waals surface area (Å²) in [4.78, 5) is 0. The first-order valence-electron chi connectivity index (χ1n) is 11.2. The molecular weight excluding hydrogens is 553 g/mol. The third-order valence-corrected chi connectivity index (χ3v) is 6.75. The molecule has 0 unspecified atom stereocenters. The molecule has 2 aromatic rings. The van der Waals surface area contributed by atoms with Crippen LogP contribution in [0, 0.1) is 0 Å². The Bertz CT molecular complexity index is 1320. The van der Waals surface area contributed by atoms with Crippen molar-refractivity contribution in [2.24, 2.45) is 10.3 Å². The van der Waals surface area contributed by atoms with E-state index in [4.69, 9.17) is 9.47 Å². The van der Waals surface area contributed by atoms with E-state index < -0.39 is 37.9 Å². The Morgan fingerprint density at radius 3 is 1.58 bits per heavy atom. The summed E-state index contributed by atoms with van der Waals surface area (Å²) in [5, 5.41) is 6.41. The monoisotopic (exact) mass is 580 g/mol. The quantitative estimate of drug-likeness (QED) is 0.184. The molecule has 10 nitrogen and oxygen atoms in total. The summed E-state index contributed by atoms with van der Waals surface area (Å²) in [5.74, 6) is 0.131. The number of oxime groups is 2. The van der Waals surface area contributed by atoms with Crippen LogP contribution in [0.4, 0.5) is 13.2 Å². The lowest BCUT2D eigenvalue weighted by molar-refractivity contribution is -0.0597. The molecular formula is C23H27F3N2O8S2. The van der Waals surface area contributed by atoms with Gasteiger partial charge in [-0.3, -0.25) is 8.57 Å². The summed E-state index contributed by atoms with van der Waals surface area (Å²) in [5.41, 5.74) is -0.852. The first kappa shape index (κ1) is 30.9. The van der Waals surface area contributed by atoms with Crippen LogP contribution in [-0.2, 0) is 28.8 Å². The Balaban J connectivity index is 1.85. The number of rotatable bonds is 14. The van der Waals surface area contributed by atoms with Crippen molar-refractivity contribution in [3.05, 3.63) is 59.7 Å². The predicted molar refractivity (Wildman–Crippen MR) is 134 cm³/mol. The first-order valence-corrected chi connectivity index (χ1v) is 14.4. The maximum Gasteiger partial charge on any atom is 0.437 e. The first-order chi connectivity index (χ1) is 17.8. The van der Waals surface area contributed by atoms with Gasteiger partial charge in [-0.1, -0.05) is 10.3 Å². The SMILES string of the molecule is CCS(=O)(=O)O/N=C(/c1ccc(OCCCOc2ccc(/C(C)=N/OS(=O)(=O)CC)cc2)cc1)C(F)(F)F. The number of benzene rings is 2. The topological polar surface area (TPSA) is 130 Å². The van der Waals surface area contributed by atoms with Crippen LogP contribution in [0.3, 0.4) is 0 Å². The van der Waals surface area contributed by atoms with E-state index >= 15 is 0 Å². The van der Waals surface area contributed by atoms with Gasteiger partial charge in [0.05, 0.1) is 30.4 Å². The van der Waals surface area contributed by atoms with Crippen LogP contribution >= 0.6 is 0 Å². The van der Waals surface area contributed by atoms with Gasteiger partial charge in [-0.25, -0.2) is 0 Å². The summed E-state index contributed by atoms with van der Waals surface area (Å²) >= 11 is 0. The van der Waals surface area contributed by atoms with E-state index in [-0.39, 0.29) is 24.5 Å². The lowest BCUT2D eigenvalue weighted by Crippen LogP contribution is -2.25. The fraction of sp³-hybridized carbons (Fsp3) is 0.391. The molecule has 0 bridgehead atoms. The van der Waals surface area contributed by atoms with Crippen molar-refractivity contribution >= 4 is 31.7 Å². The molecule has 0 spiro atoms. The van der Waals surface area contributed by atoms with E-state index in [9.17, 15) is 30.0 Å². The van der Waals surface area contributed by atoms with Gasteiger partial charge < -0.3 is 9.47 Å². The van der Waals surface area contributed by atoms with Crippen LogP contribution in [0.2, 0.25) is 0 Å². The molecule has 0 aliphatic rings. The zero-order valence-corrected chi connectivity index (χ0v) is 22.4. The van der Waals surface area contributed by atoms with Gasteiger partial charge in [0.25, 0.3) is 0 Å². The molecule has 0 amide bonds. The zero-order chi connectivity index (χ0) is 28.4. The molecule has 210 valence electrons. The smallest absolute Gasteiger partial charge is 0.437 e. The summed E-state index contributed by atoms with van der Waals surface area (Å²) in [6.45, 7) is 4.76. The molecule has 0 heterocycles. The molecule has 0 aromatic heterocycles. The molecule has 2 aromatic carbocycles. The molecule has 15 heteroatoms. The van der Waals surface area contributed by atoms with Gasteiger partial charge >= 0.3 is 26.4 Å². The van der Waals surface area contributed by atoms with E-state index in [1.807, 2.05) is 0 Å². The Morgan fingerprint density at radius 1 is 0.737 bits per heavy atom. The molecule has 0 saturated heterocycles. The molecule has 0 atom stereocenters. The van der Waals surface area contributed by atoms with Crippen LogP contribution < -0.4 is 9.47 Å². The fourth-order valence-corrected chi connectivity index (χ4v) is 3.20. The van der Waals surface area contributed by atoms with E-state index in [1.165, 1.54) is 26.0 Å². The van der Waals surface area contributed by atoms with Crippen LogP contribution in [0.5, 0.6) is 11.5 Å². The van der Waals surface area contributed by atoms with Crippen molar-refractivity contribution in [2.75, 3.05) is 24.7 Å². The van der Waals surface area contributed by atoms with Gasteiger partial charge in [0.2, 0.25) is 0 Å². The second-order valence-electron chi connectivity index (χ2n) is 7.56. The van der Waals surface area contributed by atoms with Crippen molar-refractivity contribution < 1.29 is 48.0 Å². The molecule has 0 radical (unpaired) electrons. The fourth-order valence-electron chi connectivity index (χ4n) is 2.57. The zero-order valence-electron chi connectivity index (χ0n) is 20.8. The van der Waals surface area contributed by atoms with Crippen LogP contribution in [0.1, 0.15) is 38.3 Å². The van der Waals surface area contributed by atoms with Crippen molar-refractivity contribution in [1.29, 1.82) is 0 Å². The lowest BCUT2D eigenvalue weighted by atomic mass is 10.1. The number of nitrogens with zero attached hydrogens (tertiary/aromatic N) is 2. The average molecular weight is 581 g/mol. The van der Waals surface area contributed by atoms with Crippen molar-refractivity contribution in [3.63, 3.8) is 0 Å². The summed E-state index contributed by atoms with van der Waals surface area (Å²) in [6, 6.07) is 11.5. The average Bonchev–Trinajstić information content (AvgIpc) is 2.87. The second kappa shape index (κ2) is 13.5. The molecule has 38 heavy (non-hydrogen) atoms. The Morgan fingerprint density at radius 2 is 1.16 bits per heavy atom. The van der Waals surface area contributed by atoms with Gasteiger partial charge in [0, 0.05) is 12.0 Å². The standard InChI is InChI=1S/C23H27F3N2O8S2/c1-4-37(29,30)35-27-17(3)18-7-11-20(12-8-18)33-15-6-16-34-21-13-9-19(10-14-21)22(23(24,25)26)28-36-38(31,32)5-2/h7-14H,4-6,15-16H2,1-3H3/b27-17+,28-22-. The van der Waals surface area contributed by atoms with Crippen molar-refractivity contribution in [1.82, 2.24) is 0 Å². The van der Waals surface area contributed by atoms with Gasteiger partial charge in [-0.15, -0.1) is 0 Å². The van der Waals surface area contributed by atoms with Gasteiger partial charge in [0.15, 0.2) is 5.71 Å². The third-order valence-electron chi connectivity index (χ3n) is 4.73. The van der Waals surface area contributed by atoms with Crippen molar-refractivity contribution in [2.45, 2.75) is 33.4 Å². The highest BCUT2D eigenvalue weighted by molar-refractivity contribution is 7.86. The second-order valence-corrected chi connectivity index (χ2v) is 11.2. The summed E-state index contributed by atoms with van der Waals surface area (Å²) in [6.07, 6.45) is -4.47. The molecule has 0 aliphatic carbocycles. The van der Waals surface area contributed by atoms with Gasteiger partial charge in [-0.2, -0.15) is 30.0 Å². The number of alkyl halides is 3. The van der Waals surface area contributed by atoms with E-state index in [1.54, 1.807) is 31.2 Å². The minimum Gasteiger partial charge on any atom is -0.493 e. The summed E-state index contributed by atoms with van der Waals surface area (Å²) < 4.78 is 105. The Hall–Kier alpha value is -3.33. The molecule has 2 rings (SSSR count). The highest BCUT2D eigenvalue weighted by atomic mass is 32.2. The van der Waals surface area contributed by atoms with Gasteiger partial charge in [-0.05, 0) is 74.9 Å².